The molecule has 1 saturated heterocycles. The standard InChI is InChI=1S/C20H22Cl2N4O2S/c21-17-4-1-12(5-18(17)22)8-26-20(28)13-2-3-14(23-9-13)7-19(27)25-10-15-6-16(29)11-24-15/h1-5,9,15-16,24,29H,6-8,10-11H2,(H,25,27)(H,26,28)/t15-,16-/m0/s1. The Morgan fingerprint density at radius 2 is 2.00 bits per heavy atom. The van der Waals surface area contributed by atoms with E-state index >= 15 is 0 Å². The lowest BCUT2D eigenvalue weighted by atomic mass is 10.2. The molecule has 1 aliphatic heterocycles. The highest BCUT2D eigenvalue weighted by atomic mass is 35.5. The van der Waals surface area contributed by atoms with E-state index in [4.69, 9.17) is 23.2 Å². The zero-order chi connectivity index (χ0) is 20.8. The van der Waals surface area contributed by atoms with Gasteiger partial charge in [-0.2, -0.15) is 12.6 Å². The minimum Gasteiger partial charge on any atom is -0.354 e. The van der Waals surface area contributed by atoms with Crippen molar-refractivity contribution in [3.8, 4) is 0 Å². The molecule has 2 amide bonds. The molecule has 29 heavy (non-hydrogen) atoms. The number of hydrogen-bond acceptors (Lipinski definition) is 5. The predicted octanol–water partition coefficient (Wildman–Crippen LogP) is 2.64. The maximum absolute atomic E-state index is 12.3. The van der Waals surface area contributed by atoms with Crippen molar-refractivity contribution < 1.29 is 9.59 Å². The molecule has 0 spiro atoms. The zero-order valence-corrected chi connectivity index (χ0v) is 18.0. The van der Waals surface area contributed by atoms with Crippen LogP contribution in [0.15, 0.2) is 36.5 Å². The molecule has 1 aromatic carbocycles. The van der Waals surface area contributed by atoms with Crippen molar-refractivity contribution >= 4 is 47.6 Å². The summed E-state index contributed by atoms with van der Waals surface area (Å²) in [5, 5.41) is 10.3. The number of amides is 2. The maximum Gasteiger partial charge on any atom is 0.253 e. The van der Waals surface area contributed by atoms with E-state index < -0.39 is 0 Å². The minimum atomic E-state index is -0.256. The molecular weight excluding hydrogens is 431 g/mol. The van der Waals surface area contributed by atoms with Crippen molar-refractivity contribution in [1.82, 2.24) is 20.9 Å². The summed E-state index contributed by atoms with van der Waals surface area (Å²) in [6.45, 7) is 1.76. The second-order valence-electron chi connectivity index (χ2n) is 6.94. The Labute approximate surface area is 185 Å². The number of pyridine rings is 1. The van der Waals surface area contributed by atoms with Crippen LogP contribution in [0, 0.1) is 0 Å². The Bertz CT molecular complexity index is 879. The molecule has 3 rings (SSSR count). The first kappa shape index (κ1) is 21.9. The van der Waals surface area contributed by atoms with Crippen LogP contribution in [0.25, 0.3) is 0 Å². The monoisotopic (exact) mass is 452 g/mol. The molecule has 0 aliphatic carbocycles. The van der Waals surface area contributed by atoms with Gasteiger partial charge in [0.05, 0.1) is 22.0 Å². The highest BCUT2D eigenvalue weighted by Crippen LogP contribution is 2.22. The van der Waals surface area contributed by atoms with E-state index in [-0.39, 0.29) is 24.3 Å². The maximum atomic E-state index is 12.3. The van der Waals surface area contributed by atoms with Crippen LogP contribution in [0.1, 0.15) is 28.0 Å². The van der Waals surface area contributed by atoms with E-state index in [2.05, 4.69) is 33.6 Å². The summed E-state index contributed by atoms with van der Waals surface area (Å²) in [4.78, 5) is 28.6. The van der Waals surface area contributed by atoms with E-state index in [1.807, 2.05) is 0 Å². The van der Waals surface area contributed by atoms with E-state index in [0.29, 0.717) is 39.6 Å². The van der Waals surface area contributed by atoms with Gasteiger partial charge in [-0.25, -0.2) is 0 Å². The summed E-state index contributed by atoms with van der Waals surface area (Å²) in [5.74, 6) is -0.355. The number of thiol groups is 1. The lowest BCUT2D eigenvalue weighted by Crippen LogP contribution is -2.37. The Hall–Kier alpha value is -1.80. The number of aromatic nitrogens is 1. The average Bonchev–Trinajstić information content (AvgIpc) is 3.13. The second-order valence-corrected chi connectivity index (χ2v) is 8.49. The summed E-state index contributed by atoms with van der Waals surface area (Å²) in [7, 11) is 0. The molecule has 0 radical (unpaired) electrons. The number of carbonyl (C=O) groups excluding carboxylic acids is 2. The van der Waals surface area contributed by atoms with Gasteiger partial charge in [-0.3, -0.25) is 14.6 Å². The molecule has 154 valence electrons. The molecule has 2 atom stereocenters. The number of benzene rings is 1. The minimum absolute atomic E-state index is 0.0984. The van der Waals surface area contributed by atoms with Crippen LogP contribution in [-0.2, 0) is 17.8 Å². The Morgan fingerprint density at radius 3 is 2.66 bits per heavy atom. The van der Waals surface area contributed by atoms with Gasteiger partial charge in [-0.05, 0) is 36.2 Å². The van der Waals surface area contributed by atoms with Crippen LogP contribution in [0.2, 0.25) is 10.0 Å². The molecule has 6 nitrogen and oxygen atoms in total. The normalized spacial score (nSPS) is 18.4. The van der Waals surface area contributed by atoms with Crippen molar-refractivity contribution in [2.75, 3.05) is 13.1 Å². The third kappa shape index (κ3) is 6.60. The number of carbonyl (C=O) groups is 2. The fraction of sp³-hybridized carbons (Fsp3) is 0.350. The van der Waals surface area contributed by atoms with Gasteiger partial charge in [0.1, 0.15) is 0 Å². The third-order valence-electron chi connectivity index (χ3n) is 4.61. The molecule has 0 bridgehead atoms. The molecule has 1 aliphatic rings. The summed E-state index contributed by atoms with van der Waals surface area (Å²) in [5.41, 5.74) is 1.87. The van der Waals surface area contributed by atoms with Gasteiger partial charge in [-0.1, -0.05) is 29.3 Å². The largest absolute Gasteiger partial charge is 0.354 e. The lowest BCUT2D eigenvalue weighted by molar-refractivity contribution is -0.120. The zero-order valence-electron chi connectivity index (χ0n) is 15.6. The molecule has 2 aromatic rings. The number of halogens is 2. The van der Waals surface area contributed by atoms with Crippen LogP contribution < -0.4 is 16.0 Å². The van der Waals surface area contributed by atoms with Crippen molar-refractivity contribution in [2.24, 2.45) is 0 Å². The highest BCUT2D eigenvalue weighted by molar-refractivity contribution is 7.81. The van der Waals surface area contributed by atoms with Gasteiger partial charge in [0.2, 0.25) is 5.91 Å². The lowest BCUT2D eigenvalue weighted by Gasteiger charge is -2.11. The highest BCUT2D eigenvalue weighted by Gasteiger charge is 2.21. The molecule has 3 N–H and O–H groups in total. The van der Waals surface area contributed by atoms with E-state index in [1.165, 1.54) is 6.20 Å². The van der Waals surface area contributed by atoms with Gasteiger partial charge in [-0.15, -0.1) is 0 Å². The molecule has 2 heterocycles. The number of nitrogens with one attached hydrogen (secondary N) is 3. The topological polar surface area (TPSA) is 83.1 Å². The van der Waals surface area contributed by atoms with Crippen LogP contribution in [0.5, 0.6) is 0 Å². The first-order chi connectivity index (χ1) is 13.9. The number of hydrogen-bond donors (Lipinski definition) is 4. The second kappa shape index (κ2) is 10.3. The van der Waals surface area contributed by atoms with Crippen LogP contribution in [-0.4, -0.2) is 41.2 Å². The fourth-order valence-corrected chi connectivity index (χ4v) is 3.70. The van der Waals surface area contributed by atoms with Gasteiger partial charge in [0.25, 0.3) is 5.91 Å². The van der Waals surface area contributed by atoms with Crippen LogP contribution in [0.3, 0.4) is 0 Å². The number of nitrogens with zero attached hydrogens (tertiary/aromatic N) is 1. The van der Waals surface area contributed by atoms with Crippen LogP contribution >= 0.6 is 35.8 Å². The van der Waals surface area contributed by atoms with Crippen molar-refractivity contribution in [2.45, 2.75) is 30.7 Å². The number of rotatable bonds is 7. The third-order valence-corrected chi connectivity index (χ3v) is 5.74. The first-order valence-electron chi connectivity index (χ1n) is 9.26. The van der Waals surface area contributed by atoms with Gasteiger partial charge in [0.15, 0.2) is 0 Å². The first-order valence-corrected chi connectivity index (χ1v) is 10.5. The Morgan fingerprint density at radius 1 is 1.17 bits per heavy atom. The molecular formula is C20H22Cl2N4O2S. The quantitative estimate of drug-likeness (QED) is 0.486. The Kier molecular flexibility index (Phi) is 7.77. The summed E-state index contributed by atoms with van der Waals surface area (Å²) in [6, 6.07) is 8.80. The molecule has 0 unspecified atom stereocenters. The van der Waals surface area contributed by atoms with Gasteiger partial charge < -0.3 is 16.0 Å². The van der Waals surface area contributed by atoms with Gasteiger partial charge >= 0.3 is 0 Å². The Balaban J connectivity index is 1.45. The van der Waals surface area contributed by atoms with Crippen molar-refractivity contribution in [1.29, 1.82) is 0 Å². The summed E-state index contributed by atoms with van der Waals surface area (Å²) in [6.07, 6.45) is 2.58. The molecule has 1 aromatic heterocycles. The van der Waals surface area contributed by atoms with Crippen LogP contribution in [0.4, 0.5) is 0 Å². The SMILES string of the molecule is O=C(Cc1ccc(C(=O)NCc2ccc(Cl)c(Cl)c2)cn1)NC[C@@H]1C[C@H](S)CN1. The van der Waals surface area contributed by atoms with E-state index in [9.17, 15) is 9.59 Å². The van der Waals surface area contributed by atoms with Gasteiger partial charge in [0, 0.05) is 42.8 Å². The smallest absolute Gasteiger partial charge is 0.253 e. The predicted molar refractivity (Wildman–Crippen MR) is 118 cm³/mol. The van der Waals surface area contributed by atoms with E-state index in [1.54, 1.807) is 30.3 Å². The summed E-state index contributed by atoms with van der Waals surface area (Å²) >= 11 is 16.3. The van der Waals surface area contributed by atoms with Crippen molar-refractivity contribution in [3.05, 3.63) is 63.4 Å². The molecule has 0 saturated carbocycles. The van der Waals surface area contributed by atoms with E-state index in [0.717, 1.165) is 18.5 Å². The molecule has 1 fully saturated rings. The molecule has 9 heteroatoms. The van der Waals surface area contributed by atoms with Crippen molar-refractivity contribution in [3.63, 3.8) is 0 Å². The average molecular weight is 453 g/mol. The fourth-order valence-electron chi connectivity index (χ4n) is 3.01. The summed E-state index contributed by atoms with van der Waals surface area (Å²) < 4.78 is 0.